The number of hydrogen-bond acceptors (Lipinski definition) is 4. The van der Waals surface area contributed by atoms with Gasteiger partial charge < -0.3 is 19.9 Å². The normalized spacial score (nSPS) is 12.4. The molecule has 1 rings (SSSR count). The van der Waals surface area contributed by atoms with Crippen LogP contribution in [0.25, 0.3) is 0 Å². The third-order valence-electron chi connectivity index (χ3n) is 2.36. The maximum absolute atomic E-state index is 10.9. The smallest absolute Gasteiger partial charge is 0.323 e. The van der Waals surface area contributed by atoms with Gasteiger partial charge in [-0.05, 0) is 12.1 Å². The van der Waals surface area contributed by atoms with Gasteiger partial charge in [-0.25, -0.2) is 0 Å². The van der Waals surface area contributed by atoms with Crippen molar-refractivity contribution in [2.75, 3.05) is 19.8 Å². The Kier molecular flexibility index (Phi) is 6.92. The average molecular weight is 267 g/mol. The minimum atomic E-state index is -0.905. The van der Waals surface area contributed by atoms with Gasteiger partial charge in [-0.15, -0.1) is 0 Å². The molecule has 0 aromatic heterocycles. The van der Waals surface area contributed by atoms with E-state index >= 15 is 0 Å². The summed E-state index contributed by atoms with van der Waals surface area (Å²) in [5, 5.41) is 11.9. The first kappa shape index (κ1) is 15.5. The van der Waals surface area contributed by atoms with Crippen LogP contribution in [-0.2, 0) is 9.53 Å². The molecule has 2 N–H and O–H groups in total. The maximum atomic E-state index is 10.9. The van der Waals surface area contributed by atoms with Crippen LogP contribution in [0.1, 0.15) is 13.8 Å². The highest BCUT2D eigenvalue weighted by Gasteiger charge is 2.17. The van der Waals surface area contributed by atoms with Crippen molar-refractivity contribution in [3.8, 4) is 5.75 Å². The summed E-state index contributed by atoms with van der Waals surface area (Å²) in [7, 11) is 0. The number of para-hydroxylation sites is 1. The minimum Gasteiger partial charge on any atom is -0.491 e. The van der Waals surface area contributed by atoms with Crippen LogP contribution in [0.3, 0.4) is 0 Å². The molecule has 0 radical (unpaired) electrons. The number of carbonyl (C=O) groups is 1. The molecular formula is C14H21NO4. The number of hydrogen-bond donors (Lipinski definition) is 2. The Morgan fingerprint density at radius 2 is 1.95 bits per heavy atom. The van der Waals surface area contributed by atoms with Gasteiger partial charge >= 0.3 is 5.97 Å². The van der Waals surface area contributed by atoms with Crippen LogP contribution in [0.5, 0.6) is 5.75 Å². The summed E-state index contributed by atoms with van der Waals surface area (Å²) in [5.74, 6) is -0.126. The van der Waals surface area contributed by atoms with E-state index in [1.807, 2.05) is 44.2 Å². The van der Waals surface area contributed by atoms with E-state index in [1.54, 1.807) is 0 Å². The third-order valence-corrected chi connectivity index (χ3v) is 2.36. The van der Waals surface area contributed by atoms with Gasteiger partial charge in [0.15, 0.2) is 0 Å². The molecule has 0 fully saturated rings. The van der Waals surface area contributed by atoms with Gasteiger partial charge in [0.2, 0.25) is 0 Å². The van der Waals surface area contributed by atoms with E-state index in [0.29, 0.717) is 13.2 Å². The highest BCUT2D eigenvalue weighted by molar-refractivity contribution is 5.73. The molecule has 0 aliphatic carbocycles. The van der Waals surface area contributed by atoms with Crippen molar-refractivity contribution in [1.82, 2.24) is 5.32 Å². The minimum absolute atomic E-state index is 0.102. The van der Waals surface area contributed by atoms with Crippen molar-refractivity contribution >= 4 is 5.97 Å². The average Bonchev–Trinajstić information content (AvgIpc) is 2.37. The molecular weight excluding hydrogens is 246 g/mol. The lowest BCUT2D eigenvalue weighted by Crippen LogP contribution is -2.44. The zero-order valence-corrected chi connectivity index (χ0v) is 11.3. The van der Waals surface area contributed by atoms with Gasteiger partial charge in [0.25, 0.3) is 0 Å². The van der Waals surface area contributed by atoms with Crippen molar-refractivity contribution in [1.29, 1.82) is 0 Å². The fourth-order valence-corrected chi connectivity index (χ4v) is 1.53. The van der Waals surface area contributed by atoms with Crippen molar-refractivity contribution < 1.29 is 19.4 Å². The fourth-order valence-electron chi connectivity index (χ4n) is 1.53. The van der Waals surface area contributed by atoms with Crippen LogP contribution >= 0.6 is 0 Å². The van der Waals surface area contributed by atoms with Gasteiger partial charge in [0, 0.05) is 6.04 Å². The van der Waals surface area contributed by atoms with Crippen LogP contribution in [0.2, 0.25) is 0 Å². The first-order valence-corrected chi connectivity index (χ1v) is 6.34. The lowest BCUT2D eigenvalue weighted by Gasteiger charge is -2.17. The Balaban J connectivity index is 2.16. The number of carboxylic acid groups (broad SMARTS) is 1. The van der Waals surface area contributed by atoms with E-state index < -0.39 is 12.0 Å². The van der Waals surface area contributed by atoms with Gasteiger partial charge in [-0.1, -0.05) is 32.0 Å². The number of rotatable bonds is 9. The zero-order chi connectivity index (χ0) is 14.1. The van der Waals surface area contributed by atoms with E-state index in [-0.39, 0.29) is 12.6 Å². The molecule has 1 aromatic rings. The van der Waals surface area contributed by atoms with E-state index in [0.717, 1.165) is 5.75 Å². The summed E-state index contributed by atoms with van der Waals surface area (Å²) in [6, 6.07) is 8.84. The molecule has 1 atom stereocenters. The SMILES string of the molecule is CC(C)NC(COCCOc1ccccc1)C(=O)O. The standard InChI is InChI=1S/C14H21NO4/c1-11(2)15-13(14(16)17)10-18-8-9-19-12-6-4-3-5-7-12/h3-7,11,13,15H,8-10H2,1-2H3,(H,16,17). The highest BCUT2D eigenvalue weighted by atomic mass is 16.5. The highest BCUT2D eigenvalue weighted by Crippen LogP contribution is 2.07. The molecule has 19 heavy (non-hydrogen) atoms. The second kappa shape index (κ2) is 8.50. The predicted octanol–water partition coefficient (Wildman–Crippen LogP) is 1.53. The van der Waals surface area contributed by atoms with Crippen LogP contribution in [0.15, 0.2) is 30.3 Å². The third kappa shape index (κ3) is 6.79. The summed E-state index contributed by atoms with van der Waals surface area (Å²) in [4.78, 5) is 10.9. The van der Waals surface area contributed by atoms with E-state index in [9.17, 15) is 4.79 Å². The maximum Gasteiger partial charge on any atom is 0.323 e. The number of ether oxygens (including phenoxy) is 2. The molecule has 106 valence electrons. The summed E-state index contributed by atoms with van der Waals surface area (Å²) < 4.78 is 10.7. The Bertz CT molecular complexity index is 367. The molecule has 0 saturated carbocycles. The monoisotopic (exact) mass is 267 g/mol. The van der Waals surface area contributed by atoms with Crippen LogP contribution in [0.4, 0.5) is 0 Å². The molecule has 0 saturated heterocycles. The summed E-state index contributed by atoms with van der Waals surface area (Å²) >= 11 is 0. The topological polar surface area (TPSA) is 67.8 Å². The van der Waals surface area contributed by atoms with Gasteiger partial charge in [0.05, 0.1) is 13.2 Å². The molecule has 0 spiro atoms. The molecule has 0 aliphatic heterocycles. The van der Waals surface area contributed by atoms with Crippen LogP contribution in [0, 0.1) is 0 Å². The summed E-state index contributed by atoms with van der Waals surface area (Å²) in [6.45, 7) is 4.69. The number of benzene rings is 1. The van der Waals surface area contributed by atoms with E-state index in [1.165, 1.54) is 0 Å². The van der Waals surface area contributed by atoms with Gasteiger partial charge in [-0.2, -0.15) is 0 Å². The molecule has 0 heterocycles. The first-order valence-electron chi connectivity index (χ1n) is 6.34. The van der Waals surface area contributed by atoms with E-state index in [2.05, 4.69) is 5.32 Å². The molecule has 5 heteroatoms. The second-order valence-corrected chi connectivity index (χ2v) is 4.45. The lowest BCUT2D eigenvalue weighted by atomic mass is 10.2. The second-order valence-electron chi connectivity index (χ2n) is 4.45. The molecule has 1 unspecified atom stereocenters. The number of aliphatic carboxylic acids is 1. The number of nitrogens with one attached hydrogen (secondary N) is 1. The Hall–Kier alpha value is -1.59. The van der Waals surface area contributed by atoms with Crippen molar-refractivity contribution in [3.05, 3.63) is 30.3 Å². The van der Waals surface area contributed by atoms with Crippen molar-refractivity contribution in [3.63, 3.8) is 0 Å². The fraction of sp³-hybridized carbons (Fsp3) is 0.500. The Morgan fingerprint density at radius 1 is 1.26 bits per heavy atom. The van der Waals surface area contributed by atoms with Gasteiger partial charge in [0.1, 0.15) is 18.4 Å². The Morgan fingerprint density at radius 3 is 2.53 bits per heavy atom. The lowest BCUT2D eigenvalue weighted by molar-refractivity contribution is -0.141. The predicted molar refractivity (Wildman–Crippen MR) is 72.5 cm³/mol. The molecule has 5 nitrogen and oxygen atoms in total. The largest absolute Gasteiger partial charge is 0.491 e. The Labute approximate surface area is 113 Å². The van der Waals surface area contributed by atoms with Crippen molar-refractivity contribution in [2.45, 2.75) is 25.9 Å². The molecule has 0 bridgehead atoms. The van der Waals surface area contributed by atoms with E-state index in [4.69, 9.17) is 14.6 Å². The number of carboxylic acids is 1. The molecule has 0 aliphatic rings. The van der Waals surface area contributed by atoms with Crippen molar-refractivity contribution in [2.24, 2.45) is 0 Å². The van der Waals surface area contributed by atoms with Crippen LogP contribution < -0.4 is 10.1 Å². The summed E-state index contributed by atoms with van der Waals surface area (Å²) in [5.41, 5.74) is 0. The quantitative estimate of drug-likeness (QED) is 0.664. The first-order chi connectivity index (χ1) is 9.09. The molecule has 0 amide bonds. The zero-order valence-electron chi connectivity index (χ0n) is 11.3. The molecule has 1 aromatic carbocycles. The van der Waals surface area contributed by atoms with Gasteiger partial charge in [-0.3, -0.25) is 4.79 Å². The summed E-state index contributed by atoms with van der Waals surface area (Å²) in [6.07, 6.45) is 0. The van der Waals surface area contributed by atoms with Crippen LogP contribution in [-0.4, -0.2) is 43.0 Å².